The molecule has 23 heavy (non-hydrogen) atoms. The SMILES string of the molecule is CCCCCCC(=O)N1CCS[C@H]1c1ccc(OC)cc1OC. The van der Waals surface area contributed by atoms with Gasteiger partial charge < -0.3 is 14.4 Å². The molecule has 0 saturated carbocycles. The molecule has 0 bridgehead atoms. The first-order chi connectivity index (χ1) is 11.2. The first-order valence-electron chi connectivity index (χ1n) is 8.34. The summed E-state index contributed by atoms with van der Waals surface area (Å²) in [7, 11) is 3.31. The van der Waals surface area contributed by atoms with Gasteiger partial charge in [0.05, 0.1) is 14.2 Å². The molecular weight excluding hydrogens is 310 g/mol. The number of carbonyl (C=O) groups is 1. The number of nitrogens with zero attached hydrogens (tertiary/aromatic N) is 1. The maximum Gasteiger partial charge on any atom is 0.223 e. The Morgan fingerprint density at radius 3 is 2.78 bits per heavy atom. The van der Waals surface area contributed by atoms with Crippen LogP contribution in [0.2, 0.25) is 0 Å². The van der Waals surface area contributed by atoms with Crippen LogP contribution in [0, 0.1) is 0 Å². The predicted octanol–water partition coefficient (Wildman–Crippen LogP) is 4.25. The molecule has 1 atom stereocenters. The van der Waals surface area contributed by atoms with E-state index in [1.807, 2.05) is 23.1 Å². The third kappa shape index (κ3) is 4.56. The van der Waals surface area contributed by atoms with Crippen molar-refractivity contribution in [2.24, 2.45) is 0 Å². The first-order valence-corrected chi connectivity index (χ1v) is 9.39. The minimum atomic E-state index is 0.0505. The molecule has 1 aromatic rings. The number of hydrogen-bond acceptors (Lipinski definition) is 4. The zero-order valence-corrected chi connectivity index (χ0v) is 15.2. The largest absolute Gasteiger partial charge is 0.497 e. The Kier molecular flexibility index (Phi) is 7.09. The molecule has 1 heterocycles. The number of rotatable bonds is 8. The third-order valence-corrected chi connectivity index (χ3v) is 5.40. The van der Waals surface area contributed by atoms with Crippen molar-refractivity contribution in [2.45, 2.75) is 44.4 Å². The molecule has 0 aromatic heterocycles. The van der Waals surface area contributed by atoms with E-state index in [4.69, 9.17) is 9.47 Å². The van der Waals surface area contributed by atoms with E-state index in [-0.39, 0.29) is 11.3 Å². The van der Waals surface area contributed by atoms with Gasteiger partial charge in [0.15, 0.2) is 0 Å². The Bertz CT molecular complexity index is 521. The minimum absolute atomic E-state index is 0.0505. The van der Waals surface area contributed by atoms with Crippen molar-refractivity contribution in [2.75, 3.05) is 26.5 Å². The molecule has 0 spiro atoms. The van der Waals surface area contributed by atoms with Crippen molar-refractivity contribution < 1.29 is 14.3 Å². The standard InChI is InChI=1S/C18H27NO3S/c1-4-5-6-7-8-17(20)19-11-12-23-18(19)15-10-9-14(21-2)13-16(15)22-3/h9-10,13,18H,4-8,11-12H2,1-3H3/t18-/m0/s1. The van der Waals surface area contributed by atoms with E-state index in [1.54, 1.807) is 26.0 Å². The van der Waals surface area contributed by atoms with Gasteiger partial charge in [0, 0.05) is 30.3 Å². The van der Waals surface area contributed by atoms with Crippen molar-refractivity contribution in [3.05, 3.63) is 23.8 Å². The summed E-state index contributed by atoms with van der Waals surface area (Å²) >= 11 is 1.80. The summed E-state index contributed by atoms with van der Waals surface area (Å²) in [6.45, 7) is 3.00. The second-order valence-electron chi connectivity index (χ2n) is 5.73. The molecule has 0 unspecified atom stereocenters. The second-order valence-corrected chi connectivity index (χ2v) is 6.92. The zero-order chi connectivity index (χ0) is 16.7. The smallest absolute Gasteiger partial charge is 0.223 e. The molecule has 1 aliphatic rings. The van der Waals surface area contributed by atoms with Crippen LogP contribution in [0.4, 0.5) is 0 Å². The van der Waals surface area contributed by atoms with Crippen molar-refractivity contribution in [3.8, 4) is 11.5 Å². The molecule has 0 radical (unpaired) electrons. The van der Waals surface area contributed by atoms with Crippen LogP contribution in [0.25, 0.3) is 0 Å². The van der Waals surface area contributed by atoms with Crippen LogP contribution in [-0.2, 0) is 4.79 Å². The highest BCUT2D eigenvalue weighted by Gasteiger charge is 2.32. The van der Waals surface area contributed by atoms with Crippen molar-refractivity contribution in [3.63, 3.8) is 0 Å². The fourth-order valence-corrected chi connectivity index (χ4v) is 4.15. The number of amides is 1. The molecule has 1 aromatic carbocycles. The number of benzene rings is 1. The number of methoxy groups -OCH3 is 2. The van der Waals surface area contributed by atoms with Gasteiger partial charge in [0.25, 0.3) is 0 Å². The number of thioether (sulfide) groups is 1. The van der Waals surface area contributed by atoms with E-state index >= 15 is 0 Å². The lowest BCUT2D eigenvalue weighted by atomic mass is 10.1. The van der Waals surface area contributed by atoms with E-state index < -0.39 is 0 Å². The highest BCUT2D eigenvalue weighted by atomic mass is 32.2. The highest BCUT2D eigenvalue weighted by Crippen LogP contribution is 2.43. The summed E-state index contributed by atoms with van der Waals surface area (Å²) in [6.07, 6.45) is 5.17. The summed E-state index contributed by atoms with van der Waals surface area (Å²) in [5.41, 5.74) is 1.05. The van der Waals surface area contributed by atoms with Crippen LogP contribution in [0.1, 0.15) is 50.0 Å². The predicted molar refractivity (Wildman–Crippen MR) is 95.2 cm³/mol. The van der Waals surface area contributed by atoms with Gasteiger partial charge in [0.2, 0.25) is 5.91 Å². The zero-order valence-electron chi connectivity index (χ0n) is 14.3. The van der Waals surface area contributed by atoms with Gasteiger partial charge in [-0.1, -0.05) is 26.2 Å². The summed E-state index contributed by atoms with van der Waals surface area (Å²) < 4.78 is 10.8. The van der Waals surface area contributed by atoms with Crippen LogP contribution >= 0.6 is 11.8 Å². The van der Waals surface area contributed by atoms with Crippen molar-refractivity contribution in [1.29, 1.82) is 0 Å². The maximum atomic E-state index is 12.6. The number of carbonyl (C=O) groups excluding carboxylic acids is 1. The minimum Gasteiger partial charge on any atom is -0.497 e. The van der Waals surface area contributed by atoms with Gasteiger partial charge in [-0.3, -0.25) is 4.79 Å². The number of hydrogen-bond donors (Lipinski definition) is 0. The summed E-state index contributed by atoms with van der Waals surface area (Å²) in [5, 5.41) is 0.0505. The quantitative estimate of drug-likeness (QED) is 0.665. The van der Waals surface area contributed by atoms with Crippen LogP contribution < -0.4 is 9.47 Å². The summed E-state index contributed by atoms with van der Waals surface area (Å²) in [5.74, 6) is 2.79. The lowest BCUT2D eigenvalue weighted by Gasteiger charge is -2.25. The topological polar surface area (TPSA) is 38.8 Å². The van der Waals surface area contributed by atoms with Gasteiger partial charge in [0.1, 0.15) is 16.9 Å². The lowest BCUT2D eigenvalue weighted by Crippen LogP contribution is -2.30. The fraction of sp³-hybridized carbons (Fsp3) is 0.611. The number of unbranched alkanes of at least 4 members (excludes halogenated alkanes) is 3. The molecule has 4 nitrogen and oxygen atoms in total. The molecule has 1 amide bonds. The molecule has 0 N–H and O–H groups in total. The van der Waals surface area contributed by atoms with Crippen LogP contribution in [-0.4, -0.2) is 37.3 Å². The molecule has 0 aliphatic carbocycles. The summed E-state index contributed by atoms with van der Waals surface area (Å²) in [6, 6.07) is 5.83. The molecule has 1 aliphatic heterocycles. The second kappa shape index (κ2) is 9.06. The van der Waals surface area contributed by atoms with Gasteiger partial charge in [-0.25, -0.2) is 0 Å². The average Bonchev–Trinajstić information content (AvgIpc) is 3.07. The van der Waals surface area contributed by atoms with Crippen LogP contribution in [0.15, 0.2) is 18.2 Å². The van der Waals surface area contributed by atoms with Crippen molar-refractivity contribution >= 4 is 17.7 Å². The van der Waals surface area contributed by atoms with Gasteiger partial charge >= 0.3 is 0 Å². The normalized spacial score (nSPS) is 17.3. The van der Waals surface area contributed by atoms with Gasteiger partial charge in [-0.15, -0.1) is 11.8 Å². The molecule has 128 valence electrons. The third-order valence-electron chi connectivity index (χ3n) is 4.16. The Hall–Kier alpha value is -1.36. The van der Waals surface area contributed by atoms with E-state index in [1.165, 1.54) is 12.8 Å². The Morgan fingerprint density at radius 2 is 2.09 bits per heavy atom. The fourth-order valence-electron chi connectivity index (χ4n) is 2.85. The average molecular weight is 337 g/mol. The summed E-state index contributed by atoms with van der Waals surface area (Å²) in [4.78, 5) is 14.6. The Labute approximate surface area is 143 Å². The monoisotopic (exact) mass is 337 g/mol. The molecule has 5 heteroatoms. The lowest BCUT2D eigenvalue weighted by molar-refractivity contribution is -0.131. The maximum absolute atomic E-state index is 12.6. The molecule has 2 rings (SSSR count). The van der Waals surface area contributed by atoms with E-state index in [0.717, 1.165) is 42.2 Å². The molecular formula is C18H27NO3S. The molecule has 1 fully saturated rings. The van der Waals surface area contributed by atoms with Crippen molar-refractivity contribution in [1.82, 2.24) is 4.90 Å². The van der Waals surface area contributed by atoms with Gasteiger partial charge in [-0.05, 0) is 18.6 Å². The number of ether oxygens (including phenoxy) is 2. The Balaban J connectivity index is 2.07. The Morgan fingerprint density at radius 1 is 1.26 bits per heavy atom. The van der Waals surface area contributed by atoms with E-state index in [2.05, 4.69) is 6.92 Å². The van der Waals surface area contributed by atoms with Crippen LogP contribution in [0.3, 0.4) is 0 Å². The van der Waals surface area contributed by atoms with E-state index in [9.17, 15) is 4.79 Å². The first kappa shape index (κ1) is 18.0. The van der Waals surface area contributed by atoms with Gasteiger partial charge in [-0.2, -0.15) is 0 Å². The molecule has 1 saturated heterocycles. The van der Waals surface area contributed by atoms with Crippen LogP contribution in [0.5, 0.6) is 11.5 Å². The highest BCUT2D eigenvalue weighted by molar-refractivity contribution is 7.99. The van der Waals surface area contributed by atoms with E-state index in [0.29, 0.717) is 6.42 Å².